The normalized spacial score (nSPS) is 21.6. The van der Waals surface area contributed by atoms with Crippen LogP contribution in [0.5, 0.6) is 0 Å². The lowest BCUT2D eigenvalue weighted by molar-refractivity contribution is -0.384. The number of rotatable bonds is 4. The molecule has 0 saturated carbocycles. The van der Waals surface area contributed by atoms with Crippen LogP contribution in [0.4, 0.5) is 15.8 Å². The van der Waals surface area contributed by atoms with E-state index in [-0.39, 0.29) is 24.3 Å². The van der Waals surface area contributed by atoms with Gasteiger partial charge in [0.25, 0.3) is 5.69 Å². The highest BCUT2D eigenvalue weighted by atomic mass is 19.1. The van der Waals surface area contributed by atoms with Gasteiger partial charge in [0.05, 0.1) is 29.2 Å². The molecule has 0 bridgehead atoms. The number of hydrogen-bond donors (Lipinski definition) is 2. The number of aliphatic hydroxyl groups excluding tert-OH is 1. The smallest absolute Gasteiger partial charge is 0.338 e. The molecule has 0 spiro atoms. The molecule has 1 heterocycles. The van der Waals surface area contributed by atoms with E-state index < -0.39 is 28.0 Å². The van der Waals surface area contributed by atoms with Crippen molar-refractivity contribution in [3.63, 3.8) is 0 Å². The summed E-state index contributed by atoms with van der Waals surface area (Å²) in [6.07, 6.45) is 0.710. The van der Waals surface area contributed by atoms with Crippen molar-refractivity contribution in [3.8, 4) is 0 Å². The molecule has 1 saturated heterocycles. The van der Waals surface area contributed by atoms with Gasteiger partial charge in [0.1, 0.15) is 11.5 Å². The van der Waals surface area contributed by atoms with Crippen molar-refractivity contribution in [3.05, 3.63) is 33.6 Å². The Balaban J connectivity index is 2.57. The molecular formula is C13H15FN2O5. The fraction of sp³-hybridized carbons (Fsp3) is 0.462. The summed E-state index contributed by atoms with van der Waals surface area (Å²) in [7, 11) is 0. The number of nitrogens with zero attached hydrogens (tertiary/aromatic N) is 2. The number of carbonyl (C=O) groups is 1. The van der Waals surface area contributed by atoms with Gasteiger partial charge in [-0.25, -0.2) is 9.18 Å². The van der Waals surface area contributed by atoms with Crippen LogP contribution < -0.4 is 4.90 Å². The van der Waals surface area contributed by atoms with Crippen molar-refractivity contribution in [2.24, 2.45) is 5.92 Å². The van der Waals surface area contributed by atoms with Crippen LogP contribution in [0.15, 0.2) is 12.1 Å². The van der Waals surface area contributed by atoms with Crippen molar-refractivity contribution in [1.82, 2.24) is 0 Å². The summed E-state index contributed by atoms with van der Waals surface area (Å²) in [5, 5.41) is 29.5. The fourth-order valence-corrected chi connectivity index (χ4v) is 2.68. The average Bonchev–Trinajstić information content (AvgIpc) is 2.78. The molecule has 21 heavy (non-hydrogen) atoms. The molecule has 2 unspecified atom stereocenters. The molecule has 1 aromatic rings. The van der Waals surface area contributed by atoms with Crippen LogP contribution in [0.1, 0.15) is 23.7 Å². The number of carboxylic acid groups (broad SMARTS) is 1. The maximum atomic E-state index is 13.6. The van der Waals surface area contributed by atoms with Gasteiger partial charge < -0.3 is 15.1 Å². The van der Waals surface area contributed by atoms with E-state index in [4.69, 9.17) is 5.11 Å². The minimum atomic E-state index is -1.49. The molecule has 0 amide bonds. The molecular weight excluding hydrogens is 283 g/mol. The third-order valence-electron chi connectivity index (χ3n) is 3.87. The van der Waals surface area contributed by atoms with Crippen LogP contribution in [0.25, 0.3) is 0 Å². The highest BCUT2D eigenvalue weighted by Crippen LogP contribution is 2.37. The second-order valence-corrected chi connectivity index (χ2v) is 5.09. The van der Waals surface area contributed by atoms with Crippen molar-refractivity contribution in [2.75, 3.05) is 18.1 Å². The maximum Gasteiger partial charge on any atom is 0.338 e. The number of nitro benzene ring substituents is 1. The van der Waals surface area contributed by atoms with E-state index >= 15 is 0 Å². The molecule has 1 aromatic carbocycles. The average molecular weight is 298 g/mol. The first-order valence-electron chi connectivity index (χ1n) is 6.45. The van der Waals surface area contributed by atoms with Crippen LogP contribution in [-0.2, 0) is 0 Å². The number of nitro groups is 1. The zero-order valence-electron chi connectivity index (χ0n) is 11.3. The third-order valence-corrected chi connectivity index (χ3v) is 3.87. The predicted molar refractivity (Wildman–Crippen MR) is 72.0 cm³/mol. The van der Waals surface area contributed by atoms with Gasteiger partial charge in [-0.1, -0.05) is 6.92 Å². The Labute approximate surface area is 119 Å². The molecule has 1 aliphatic rings. The van der Waals surface area contributed by atoms with Crippen LogP contribution in [0.3, 0.4) is 0 Å². The SMILES string of the molecule is CC1CCN(c2cc(C(=O)O)c(F)cc2[N+](=O)[O-])C1CO. The zero-order valence-corrected chi connectivity index (χ0v) is 11.3. The molecule has 2 N–H and O–H groups in total. The quantitative estimate of drug-likeness (QED) is 0.647. The molecule has 114 valence electrons. The summed E-state index contributed by atoms with van der Waals surface area (Å²) in [4.78, 5) is 22.9. The molecule has 0 aromatic heterocycles. The first-order chi connectivity index (χ1) is 9.86. The van der Waals surface area contributed by atoms with E-state index in [0.29, 0.717) is 19.0 Å². The van der Waals surface area contributed by atoms with Gasteiger partial charge in [0.15, 0.2) is 0 Å². The molecule has 2 rings (SSSR count). The lowest BCUT2D eigenvalue weighted by Crippen LogP contribution is -2.35. The minimum Gasteiger partial charge on any atom is -0.478 e. The van der Waals surface area contributed by atoms with Gasteiger partial charge in [-0.3, -0.25) is 10.1 Å². The fourth-order valence-electron chi connectivity index (χ4n) is 2.68. The lowest BCUT2D eigenvalue weighted by atomic mass is 10.0. The Kier molecular flexibility index (Phi) is 4.08. The van der Waals surface area contributed by atoms with Crippen LogP contribution in [-0.4, -0.2) is 40.3 Å². The van der Waals surface area contributed by atoms with Crippen molar-refractivity contribution in [2.45, 2.75) is 19.4 Å². The van der Waals surface area contributed by atoms with E-state index in [1.165, 1.54) is 0 Å². The minimum absolute atomic E-state index is 0.0298. The first kappa shape index (κ1) is 15.2. The summed E-state index contributed by atoms with van der Waals surface area (Å²) in [6.45, 7) is 2.13. The molecule has 7 nitrogen and oxygen atoms in total. The third kappa shape index (κ3) is 2.66. The Morgan fingerprint density at radius 3 is 2.76 bits per heavy atom. The summed E-state index contributed by atoms with van der Waals surface area (Å²) in [6, 6.07) is 1.24. The Morgan fingerprint density at radius 1 is 1.57 bits per heavy atom. The summed E-state index contributed by atoms with van der Waals surface area (Å²) in [5.41, 5.74) is -1.08. The largest absolute Gasteiger partial charge is 0.478 e. The van der Waals surface area contributed by atoms with E-state index in [1.807, 2.05) is 6.92 Å². The van der Waals surface area contributed by atoms with E-state index in [9.17, 15) is 24.4 Å². The van der Waals surface area contributed by atoms with Crippen molar-refractivity contribution < 1.29 is 24.3 Å². The zero-order chi connectivity index (χ0) is 15.7. The van der Waals surface area contributed by atoms with Gasteiger partial charge in [-0.2, -0.15) is 0 Å². The van der Waals surface area contributed by atoms with Gasteiger partial charge in [-0.05, 0) is 18.4 Å². The molecule has 1 fully saturated rings. The number of halogens is 1. The van der Waals surface area contributed by atoms with E-state index in [2.05, 4.69) is 0 Å². The van der Waals surface area contributed by atoms with Crippen LogP contribution >= 0.6 is 0 Å². The lowest BCUT2D eigenvalue weighted by Gasteiger charge is -2.27. The van der Waals surface area contributed by atoms with Crippen LogP contribution in [0.2, 0.25) is 0 Å². The molecule has 0 radical (unpaired) electrons. The number of hydrogen-bond acceptors (Lipinski definition) is 5. The Hall–Kier alpha value is -2.22. The number of carboxylic acids is 1. The number of anilines is 1. The second kappa shape index (κ2) is 5.65. The maximum absolute atomic E-state index is 13.6. The van der Waals surface area contributed by atoms with Gasteiger partial charge in [-0.15, -0.1) is 0 Å². The molecule has 8 heteroatoms. The highest BCUT2D eigenvalue weighted by Gasteiger charge is 2.35. The van der Waals surface area contributed by atoms with Crippen LogP contribution in [0, 0.1) is 21.8 Å². The number of benzene rings is 1. The standard InChI is InChI=1S/C13H15FN2O5/c1-7-2-3-15(12(7)6-17)10-4-8(13(18)19)9(14)5-11(10)16(20)21/h4-5,7,12,17H,2-3,6H2,1H3,(H,18,19). The summed E-state index contributed by atoms with van der Waals surface area (Å²) in [5.74, 6) is -2.53. The molecule has 0 aliphatic carbocycles. The van der Waals surface area contributed by atoms with Gasteiger partial charge in [0.2, 0.25) is 0 Å². The summed E-state index contributed by atoms with van der Waals surface area (Å²) >= 11 is 0. The van der Waals surface area contributed by atoms with E-state index in [0.717, 1.165) is 6.07 Å². The van der Waals surface area contributed by atoms with Crippen molar-refractivity contribution >= 4 is 17.3 Å². The highest BCUT2D eigenvalue weighted by molar-refractivity contribution is 5.90. The number of aliphatic hydroxyl groups is 1. The van der Waals surface area contributed by atoms with Crippen molar-refractivity contribution in [1.29, 1.82) is 0 Å². The van der Waals surface area contributed by atoms with Gasteiger partial charge in [0, 0.05) is 6.54 Å². The predicted octanol–water partition coefficient (Wildman–Crippen LogP) is 1.64. The number of aromatic carboxylic acids is 1. The van der Waals surface area contributed by atoms with Gasteiger partial charge >= 0.3 is 5.97 Å². The Bertz CT molecular complexity index is 592. The monoisotopic (exact) mass is 298 g/mol. The van der Waals surface area contributed by atoms with E-state index in [1.54, 1.807) is 4.90 Å². The Morgan fingerprint density at radius 2 is 2.24 bits per heavy atom. The second-order valence-electron chi connectivity index (χ2n) is 5.09. The first-order valence-corrected chi connectivity index (χ1v) is 6.45. The molecule has 2 atom stereocenters. The molecule has 1 aliphatic heterocycles. The topological polar surface area (TPSA) is 104 Å². The summed E-state index contributed by atoms with van der Waals surface area (Å²) < 4.78 is 13.6.